The van der Waals surface area contributed by atoms with Gasteiger partial charge in [0.2, 0.25) is 0 Å². The molecule has 0 saturated heterocycles. The second kappa shape index (κ2) is 10.4. The van der Waals surface area contributed by atoms with Gasteiger partial charge in [-0.1, -0.05) is 6.92 Å². The van der Waals surface area contributed by atoms with Crippen LogP contribution in [-0.4, -0.2) is 49.4 Å². The lowest BCUT2D eigenvalue weighted by Crippen LogP contribution is -2.34. The summed E-state index contributed by atoms with van der Waals surface area (Å²) in [5.41, 5.74) is -0.936. The maximum Gasteiger partial charge on any atom is 0.0849 e. The summed E-state index contributed by atoms with van der Waals surface area (Å²) >= 11 is 0. The van der Waals surface area contributed by atoms with Gasteiger partial charge < -0.3 is 19.7 Å². The molecule has 0 aliphatic carbocycles. The van der Waals surface area contributed by atoms with Crippen LogP contribution in [0.25, 0.3) is 0 Å². The molecule has 0 radical (unpaired) electrons. The largest absolute Gasteiger partial charge is 0.390 e. The molecule has 1 atom stereocenters. The zero-order valence-corrected chi connectivity index (χ0v) is 10.6. The zero-order chi connectivity index (χ0) is 12.3. The van der Waals surface area contributed by atoms with E-state index in [1.165, 1.54) is 0 Å². The van der Waals surface area contributed by atoms with Gasteiger partial charge in [-0.05, 0) is 26.7 Å². The molecule has 0 spiro atoms. The number of aliphatic hydroxyl groups excluding tert-OH is 1. The van der Waals surface area contributed by atoms with E-state index in [0.717, 1.165) is 19.6 Å². The first-order chi connectivity index (χ1) is 6.90. The van der Waals surface area contributed by atoms with Crippen LogP contribution >= 0.6 is 0 Å². The lowest BCUT2D eigenvalue weighted by Gasteiger charge is -2.22. The Balaban J connectivity index is 0. The fourth-order valence-corrected chi connectivity index (χ4v) is 0.847. The topological polar surface area (TPSA) is 58.9 Å². The molecule has 0 fully saturated rings. The monoisotopic (exact) mass is 222 g/mol. The number of hydrogen-bond acceptors (Lipinski definition) is 4. The van der Waals surface area contributed by atoms with Crippen molar-refractivity contribution < 1.29 is 19.7 Å². The second-order valence-electron chi connectivity index (χ2n) is 3.92. The smallest absolute Gasteiger partial charge is 0.0849 e. The normalized spacial score (nSPS) is 13.0. The van der Waals surface area contributed by atoms with Gasteiger partial charge in [-0.15, -0.1) is 0 Å². The summed E-state index contributed by atoms with van der Waals surface area (Å²) in [5.74, 6) is 0. The molecule has 4 heteroatoms. The van der Waals surface area contributed by atoms with Crippen molar-refractivity contribution in [2.75, 3.05) is 27.4 Å². The third kappa shape index (κ3) is 13.8. The molecule has 0 aromatic rings. The Labute approximate surface area is 93.2 Å². The zero-order valence-electron chi connectivity index (χ0n) is 10.6. The molecule has 0 aliphatic rings. The highest BCUT2D eigenvalue weighted by Crippen LogP contribution is 2.09. The van der Waals surface area contributed by atoms with Crippen LogP contribution in [0.2, 0.25) is 0 Å². The quantitative estimate of drug-likeness (QED) is 0.663. The minimum Gasteiger partial charge on any atom is -0.390 e. The molecule has 0 aliphatic heterocycles. The maximum atomic E-state index is 9.04. The van der Waals surface area contributed by atoms with Crippen LogP contribution in [0.1, 0.15) is 33.6 Å². The molecule has 2 N–H and O–H groups in total. The van der Waals surface area contributed by atoms with Crippen molar-refractivity contribution >= 4 is 0 Å². The van der Waals surface area contributed by atoms with Gasteiger partial charge in [-0.3, -0.25) is 0 Å². The van der Waals surface area contributed by atoms with E-state index in [9.17, 15) is 0 Å². The Kier molecular flexibility index (Phi) is 11.9. The molecule has 94 valence electrons. The fourth-order valence-electron chi connectivity index (χ4n) is 0.847. The number of rotatable bonds is 6. The summed E-state index contributed by atoms with van der Waals surface area (Å²) in [7, 11) is 3.38. The van der Waals surface area contributed by atoms with E-state index in [2.05, 4.69) is 0 Å². The Hall–Kier alpha value is -0.160. The molecule has 0 aromatic heterocycles. The van der Waals surface area contributed by atoms with E-state index < -0.39 is 11.7 Å². The van der Waals surface area contributed by atoms with Crippen LogP contribution in [0, 0.1) is 0 Å². The summed E-state index contributed by atoms with van der Waals surface area (Å²) in [6, 6.07) is 0. The van der Waals surface area contributed by atoms with Gasteiger partial charge in [0, 0.05) is 27.4 Å². The van der Waals surface area contributed by atoms with Crippen LogP contribution in [0.5, 0.6) is 0 Å². The van der Waals surface area contributed by atoms with E-state index in [1.54, 1.807) is 28.1 Å². The van der Waals surface area contributed by atoms with Crippen molar-refractivity contribution in [2.45, 2.75) is 45.3 Å². The SMILES string of the molecule is CCC(O)C(C)(C)O.COCCCOC. The molecule has 4 nitrogen and oxygen atoms in total. The minimum absolute atomic E-state index is 0.595. The van der Waals surface area contributed by atoms with Gasteiger partial charge in [0.05, 0.1) is 11.7 Å². The Morgan fingerprint density at radius 1 is 1.13 bits per heavy atom. The van der Waals surface area contributed by atoms with E-state index >= 15 is 0 Å². The number of aliphatic hydroxyl groups is 2. The van der Waals surface area contributed by atoms with Crippen LogP contribution in [0.3, 0.4) is 0 Å². The summed E-state index contributed by atoms with van der Waals surface area (Å²) in [6.45, 7) is 6.63. The predicted octanol–water partition coefficient (Wildman–Crippen LogP) is 1.20. The van der Waals surface area contributed by atoms with Crippen molar-refractivity contribution in [2.24, 2.45) is 0 Å². The van der Waals surface area contributed by atoms with Crippen molar-refractivity contribution in [3.05, 3.63) is 0 Å². The highest BCUT2D eigenvalue weighted by molar-refractivity contribution is 4.73. The van der Waals surface area contributed by atoms with Crippen molar-refractivity contribution in [3.63, 3.8) is 0 Å². The maximum absolute atomic E-state index is 9.04. The van der Waals surface area contributed by atoms with Crippen molar-refractivity contribution in [3.8, 4) is 0 Å². The van der Waals surface area contributed by atoms with Gasteiger partial charge in [0.15, 0.2) is 0 Å². The first kappa shape index (κ1) is 17.2. The molecule has 0 amide bonds. The van der Waals surface area contributed by atoms with Gasteiger partial charge >= 0.3 is 0 Å². The average molecular weight is 222 g/mol. The highest BCUT2D eigenvalue weighted by Gasteiger charge is 2.21. The number of hydrogen-bond donors (Lipinski definition) is 2. The van der Waals surface area contributed by atoms with Crippen molar-refractivity contribution in [1.29, 1.82) is 0 Å². The van der Waals surface area contributed by atoms with Crippen molar-refractivity contribution in [1.82, 2.24) is 0 Å². The Morgan fingerprint density at radius 2 is 1.53 bits per heavy atom. The Morgan fingerprint density at radius 3 is 1.67 bits per heavy atom. The lowest BCUT2D eigenvalue weighted by atomic mass is 10.0. The van der Waals surface area contributed by atoms with E-state index in [0.29, 0.717) is 6.42 Å². The molecule has 0 saturated carbocycles. The summed E-state index contributed by atoms with van der Waals surface area (Å²) in [4.78, 5) is 0. The molecule has 15 heavy (non-hydrogen) atoms. The van der Waals surface area contributed by atoms with Crippen LogP contribution < -0.4 is 0 Å². The molecular weight excluding hydrogens is 196 g/mol. The molecule has 0 rings (SSSR count). The van der Waals surface area contributed by atoms with E-state index in [1.807, 2.05) is 6.92 Å². The average Bonchev–Trinajstić information content (AvgIpc) is 2.17. The third-order valence-electron chi connectivity index (χ3n) is 1.90. The molecule has 0 heterocycles. The predicted molar refractivity (Wildman–Crippen MR) is 61.0 cm³/mol. The molecular formula is C11H26O4. The number of methoxy groups -OCH3 is 2. The lowest BCUT2D eigenvalue weighted by molar-refractivity contribution is -0.0488. The molecule has 0 bridgehead atoms. The van der Waals surface area contributed by atoms with Crippen LogP contribution in [0.4, 0.5) is 0 Å². The summed E-state index contributed by atoms with van der Waals surface area (Å²) < 4.78 is 9.53. The van der Waals surface area contributed by atoms with E-state index in [4.69, 9.17) is 19.7 Å². The molecule has 0 aromatic carbocycles. The van der Waals surface area contributed by atoms with Gasteiger partial charge in [0.1, 0.15) is 0 Å². The second-order valence-corrected chi connectivity index (χ2v) is 3.92. The first-order valence-corrected chi connectivity index (χ1v) is 5.28. The summed E-state index contributed by atoms with van der Waals surface area (Å²) in [6.07, 6.45) is 0.999. The third-order valence-corrected chi connectivity index (χ3v) is 1.90. The first-order valence-electron chi connectivity index (χ1n) is 5.28. The van der Waals surface area contributed by atoms with Gasteiger partial charge in [-0.25, -0.2) is 0 Å². The standard InChI is InChI=1S/C6H14O2.C5H12O2/c1-4-5(7)6(2,3)8;1-6-4-3-5-7-2/h5,7-8H,4H2,1-3H3;3-5H2,1-2H3. The van der Waals surface area contributed by atoms with Crippen LogP contribution in [-0.2, 0) is 9.47 Å². The molecule has 1 unspecified atom stereocenters. The highest BCUT2D eigenvalue weighted by atomic mass is 16.5. The Bertz CT molecular complexity index is 116. The van der Waals surface area contributed by atoms with Crippen LogP contribution in [0.15, 0.2) is 0 Å². The van der Waals surface area contributed by atoms with E-state index in [-0.39, 0.29) is 0 Å². The summed E-state index contributed by atoms with van der Waals surface area (Å²) in [5, 5.41) is 18.0. The number of ether oxygens (including phenoxy) is 2. The minimum atomic E-state index is -0.936. The fraction of sp³-hybridized carbons (Fsp3) is 1.00. The van der Waals surface area contributed by atoms with Gasteiger partial charge in [0.25, 0.3) is 0 Å². The van der Waals surface area contributed by atoms with Gasteiger partial charge in [-0.2, -0.15) is 0 Å².